The molecular weight excluding hydrogens is 428 g/mol. The van der Waals surface area contributed by atoms with Crippen LogP contribution in [0.25, 0.3) is 0 Å². The number of aliphatic imine (C=N–C) groups is 1. The van der Waals surface area contributed by atoms with E-state index in [1.54, 1.807) is 0 Å². The fourth-order valence-corrected chi connectivity index (χ4v) is 4.11. The van der Waals surface area contributed by atoms with Crippen LogP contribution in [-0.4, -0.2) is 6.21 Å². The molecular formula is C32H34N2O. The van der Waals surface area contributed by atoms with Gasteiger partial charge in [-0.2, -0.15) is 0 Å². The predicted octanol–water partition coefficient (Wildman–Crippen LogP) is 9.53. The van der Waals surface area contributed by atoms with Gasteiger partial charge >= 0.3 is 0 Å². The highest BCUT2D eigenvalue weighted by Gasteiger charge is 2.13. The van der Waals surface area contributed by atoms with Crippen molar-refractivity contribution in [1.29, 1.82) is 0 Å². The lowest BCUT2D eigenvalue weighted by Gasteiger charge is -2.17. The summed E-state index contributed by atoms with van der Waals surface area (Å²) in [7, 11) is 0. The van der Waals surface area contributed by atoms with E-state index in [-0.39, 0.29) is 0 Å². The highest BCUT2D eigenvalue weighted by Crippen LogP contribution is 2.36. The Morgan fingerprint density at radius 3 is 1.89 bits per heavy atom. The largest absolute Gasteiger partial charge is 0.455 e. The second-order valence-corrected chi connectivity index (χ2v) is 9.43. The minimum Gasteiger partial charge on any atom is -0.455 e. The lowest BCUT2D eigenvalue weighted by atomic mass is 9.93. The van der Waals surface area contributed by atoms with E-state index in [4.69, 9.17) is 9.73 Å². The zero-order chi connectivity index (χ0) is 24.8. The number of benzene rings is 4. The van der Waals surface area contributed by atoms with E-state index in [9.17, 15) is 0 Å². The average Bonchev–Trinajstić information content (AvgIpc) is 2.85. The van der Waals surface area contributed by atoms with E-state index in [1.165, 1.54) is 11.1 Å². The van der Waals surface area contributed by atoms with Crippen molar-refractivity contribution in [2.24, 2.45) is 4.99 Å². The summed E-state index contributed by atoms with van der Waals surface area (Å²) in [5, 5.41) is 3.58. The average molecular weight is 463 g/mol. The molecule has 3 heteroatoms. The maximum absolute atomic E-state index is 6.27. The van der Waals surface area contributed by atoms with Crippen LogP contribution < -0.4 is 10.1 Å². The molecule has 35 heavy (non-hydrogen) atoms. The third kappa shape index (κ3) is 5.81. The summed E-state index contributed by atoms with van der Waals surface area (Å²) in [5.74, 6) is 2.43. The van der Waals surface area contributed by atoms with Crippen molar-refractivity contribution in [3.63, 3.8) is 0 Å². The minimum absolute atomic E-state index is 0.402. The molecule has 4 aromatic rings. The molecule has 0 unspecified atom stereocenters. The normalized spacial score (nSPS) is 11.4. The van der Waals surface area contributed by atoms with Gasteiger partial charge in [0.15, 0.2) is 5.75 Å². The van der Waals surface area contributed by atoms with Crippen molar-refractivity contribution in [2.75, 3.05) is 5.32 Å². The minimum atomic E-state index is 0.402. The van der Waals surface area contributed by atoms with Crippen LogP contribution in [-0.2, 0) is 0 Å². The van der Waals surface area contributed by atoms with E-state index in [0.29, 0.717) is 11.8 Å². The standard InChI is InChI=1S/C32H34N2O/c1-22(2)26-15-12-16-27(23(3)4)32(26)33-21-25-14-7-8-17-28(25)34-29-18-9-11-20-31(29)35-30-19-10-6-13-24(30)5/h6-23,34H,1-5H3/b33-21+. The quantitative estimate of drug-likeness (QED) is 0.264. The topological polar surface area (TPSA) is 33.6 Å². The Kier molecular flexibility index (Phi) is 7.67. The summed E-state index contributed by atoms with van der Waals surface area (Å²) in [5.41, 5.74) is 7.62. The van der Waals surface area contributed by atoms with Gasteiger partial charge in [-0.3, -0.25) is 4.99 Å². The predicted molar refractivity (Wildman–Crippen MR) is 149 cm³/mol. The van der Waals surface area contributed by atoms with Gasteiger partial charge in [-0.05, 0) is 59.7 Å². The van der Waals surface area contributed by atoms with Gasteiger partial charge in [-0.15, -0.1) is 0 Å². The molecule has 0 aliphatic rings. The lowest BCUT2D eigenvalue weighted by molar-refractivity contribution is 0.481. The molecule has 0 aliphatic carbocycles. The van der Waals surface area contributed by atoms with Crippen LogP contribution in [0, 0.1) is 6.92 Å². The van der Waals surface area contributed by atoms with Crippen LogP contribution in [0.2, 0.25) is 0 Å². The van der Waals surface area contributed by atoms with Crippen molar-refractivity contribution in [3.8, 4) is 11.5 Å². The van der Waals surface area contributed by atoms with Gasteiger partial charge in [-0.25, -0.2) is 0 Å². The van der Waals surface area contributed by atoms with E-state index in [2.05, 4.69) is 76.3 Å². The van der Waals surface area contributed by atoms with E-state index < -0.39 is 0 Å². The maximum atomic E-state index is 6.27. The summed E-state index contributed by atoms with van der Waals surface area (Å²) in [6, 6.07) is 30.8. The zero-order valence-electron chi connectivity index (χ0n) is 21.2. The zero-order valence-corrected chi connectivity index (χ0v) is 21.2. The summed E-state index contributed by atoms with van der Waals surface area (Å²) < 4.78 is 6.27. The smallest absolute Gasteiger partial charge is 0.150 e. The number of para-hydroxylation sites is 5. The van der Waals surface area contributed by atoms with Gasteiger partial charge in [0, 0.05) is 17.5 Å². The van der Waals surface area contributed by atoms with Crippen LogP contribution in [0.3, 0.4) is 0 Å². The summed E-state index contributed by atoms with van der Waals surface area (Å²) >= 11 is 0. The molecule has 0 saturated carbocycles. The molecule has 0 atom stereocenters. The van der Waals surface area contributed by atoms with Crippen LogP contribution in [0.15, 0.2) is 96.0 Å². The Balaban J connectivity index is 1.67. The van der Waals surface area contributed by atoms with E-state index in [0.717, 1.165) is 39.7 Å². The monoisotopic (exact) mass is 462 g/mol. The second-order valence-electron chi connectivity index (χ2n) is 9.43. The molecule has 0 bridgehead atoms. The van der Waals surface area contributed by atoms with Gasteiger partial charge in [0.2, 0.25) is 0 Å². The molecule has 4 rings (SSSR count). The Morgan fingerprint density at radius 2 is 1.23 bits per heavy atom. The SMILES string of the molecule is Cc1ccccc1Oc1ccccc1Nc1ccccc1/C=N/c1c(C(C)C)cccc1C(C)C. The highest BCUT2D eigenvalue weighted by molar-refractivity contribution is 5.91. The van der Waals surface area contributed by atoms with Gasteiger partial charge in [0.25, 0.3) is 0 Å². The Bertz CT molecular complexity index is 1290. The van der Waals surface area contributed by atoms with Crippen molar-refractivity contribution in [1.82, 2.24) is 0 Å². The molecule has 0 aromatic heterocycles. The van der Waals surface area contributed by atoms with Crippen molar-refractivity contribution in [2.45, 2.75) is 46.5 Å². The van der Waals surface area contributed by atoms with Crippen LogP contribution in [0.4, 0.5) is 17.1 Å². The third-order valence-corrected chi connectivity index (χ3v) is 6.11. The molecule has 1 N–H and O–H groups in total. The van der Waals surface area contributed by atoms with Gasteiger partial charge in [0.1, 0.15) is 5.75 Å². The molecule has 0 amide bonds. The van der Waals surface area contributed by atoms with Crippen LogP contribution in [0.1, 0.15) is 61.8 Å². The fourth-order valence-electron chi connectivity index (χ4n) is 4.11. The van der Waals surface area contributed by atoms with Gasteiger partial charge in [0.05, 0.1) is 11.4 Å². The molecule has 4 aromatic carbocycles. The molecule has 178 valence electrons. The summed E-state index contributed by atoms with van der Waals surface area (Å²) in [6.45, 7) is 10.9. The first-order chi connectivity index (χ1) is 16.9. The van der Waals surface area contributed by atoms with Crippen molar-refractivity contribution < 1.29 is 4.74 Å². The molecule has 0 spiro atoms. The number of aryl methyl sites for hydroxylation is 1. The number of anilines is 2. The Labute approximate surface area is 209 Å². The number of nitrogens with one attached hydrogen (secondary N) is 1. The molecule has 3 nitrogen and oxygen atoms in total. The molecule has 0 fully saturated rings. The first-order valence-electron chi connectivity index (χ1n) is 12.3. The fraction of sp³-hybridized carbons (Fsp3) is 0.219. The first-order valence-corrected chi connectivity index (χ1v) is 12.3. The number of ether oxygens (including phenoxy) is 1. The third-order valence-electron chi connectivity index (χ3n) is 6.11. The molecule has 0 aliphatic heterocycles. The second kappa shape index (κ2) is 11.1. The Hall–Kier alpha value is -3.85. The van der Waals surface area contributed by atoms with Crippen molar-refractivity contribution >= 4 is 23.3 Å². The molecule has 0 radical (unpaired) electrons. The number of hydrogen-bond acceptors (Lipinski definition) is 3. The van der Waals surface area contributed by atoms with Gasteiger partial charge in [-0.1, -0.05) is 94.4 Å². The maximum Gasteiger partial charge on any atom is 0.150 e. The van der Waals surface area contributed by atoms with Crippen LogP contribution in [0.5, 0.6) is 11.5 Å². The van der Waals surface area contributed by atoms with Gasteiger partial charge < -0.3 is 10.1 Å². The lowest BCUT2D eigenvalue weighted by Crippen LogP contribution is -1.99. The first kappa shape index (κ1) is 24.3. The summed E-state index contributed by atoms with van der Waals surface area (Å²) in [6.07, 6.45) is 1.97. The van der Waals surface area contributed by atoms with Crippen LogP contribution >= 0.6 is 0 Å². The van der Waals surface area contributed by atoms with Crippen molar-refractivity contribution in [3.05, 3.63) is 113 Å². The van der Waals surface area contributed by atoms with E-state index >= 15 is 0 Å². The Morgan fingerprint density at radius 1 is 0.657 bits per heavy atom. The highest BCUT2D eigenvalue weighted by atomic mass is 16.5. The number of nitrogens with zero attached hydrogens (tertiary/aromatic N) is 1. The van der Waals surface area contributed by atoms with E-state index in [1.807, 2.05) is 60.8 Å². The number of hydrogen-bond donors (Lipinski definition) is 1. The molecule has 0 saturated heterocycles. The summed E-state index contributed by atoms with van der Waals surface area (Å²) in [4.78, 5) is 5.03. The molecule has 0 heterocycles. The number of rotatable bonds is 8.